The normalized spacial score (nSPS) is 10.4. The van der Waals surface area contributed by atoms with Crippen LogP contribution in [0.25, 0.3) is 0 Å². The SMILES string of the molecule is Cc1cc(CC(=O)NCCOc2ncc(Cl)cc2Cl)n[nH]1. The van der Waals surface area contributed by atoms with Crippen molar-refractivity contribution in [2.45, 2.75) is 13.3 Å². The topological polar surface area (TPSA) is 79.9 Å². The van der Waals surface area contributed by atoms with E-state index >= 15 is 0 Å². The fraction of sp³-hybridized carbons (Fsp3) is 0.308. The lowest BCUT2D eigenvalue weighted by molar-refractivity contribution is -0.120. The average molecular weight is 329 g/mol. The number of halogens is 2. The summed E-state index contributed by atoms with van der Waals surface area (Å²) in [5.41, 5.74) is 1.62. The van der Waals surface area contributed by atoms with Gasteiger partial charge in [-0.2, -0.15) is 5.10 Å². The minimum absolute atomic E-state index is 0.125. The van der Waals surface area contributed by atoms with Gasteiger partial charge < -0.3 is 10.1 Å². The van der Waals surface area contributed by atoms with E-state index in [9.17, 15) is 4.79 Å². The number of aromatic nitrogens is 3. The molecule has 2 rings (SSSR count). The monoisotopic (exact) mass is 328 g/mol. The van der Waals surface area contributed by atoms with Crippen molar-refractivity contribution in [1.82, 2.24) is 20.5 Å². The highest BCUT2D eigenvalue weighted by Gasteiger charge is 2.07. The van der Waals surface area contributed by atoms with Crippen molar-refractivity contribution < 1.29 is 9.53 Å². The van der Waals surface area contributed by atoms with Crippen LogP contribution in [0.1, 0.15) is 11.4 Å². The summed E-state index contributed by atoms with van der Waals surface area (Å²) in [6.45, 7) is 2.49. The molecule has 0 aliphatic rings. The second-order valence-corrected chi connectivity index (χ2v) is 5.20. The number of nitrogens with zero attached hydrogens (tertiary/aromatic N) is 2. The molecule has 2 N–H and O–H groups in total. The van der Waals surface area contributed by atoms with Crippen LogP contribution in [0.3, 0.4) is 0 Å². The smallest absolute Gasteiger partial charge is 0.232 e. The Balaban J connectivity index is 1.70. The highest BCUT2D eigenvalue weighted by atomic mass is 35.5. The number of hydrogen-bond acceptors (Lipinski definition) is 4. The third-order valence-electron chi connectivity index (χ3n) is 2.54. The fourth-order valence-corrected chi connectivity index (χ4v) is 2.07. The first kappa shape index (κ1) is 15.6. The van der Waals surface area contributed by atoms with Gasteiger partial charge in [0.15, 0.2) is 0 Å². The molecule has 112 valence electrons. The van der Waals surface area contributed by atoms with Crippen molar-refractivity contribution in [3.05, 3.63) is 39.8 Å². The van der Waals surface area contributed by atoms with E-state index in [-0.39, 0.29) is 18.9 Å². The molecule has 0 saturated carbocycles. The first-order valence-electron chi connectivity index (χ1n) is 6.26. The Morgan fingerprint density at radius 1 is 1.43 bits per heavy atom. The Labute approximate surface area is 131 Å². The van der Waals surface area contributed by atoms with Crippen LogP contribution < -0.4 is 10.1 Å². The van der Waals surface area contributed by atoms with Crippen LogP contribution in [-0.2, 0) is 11.2 Å². The van der Waals surface area contributed by atoms with Gasteiger partial charge in [-0.15, -0.1) is 0 Å². The van der Waals surface area contributed by atoms with E-state index in [0.717, 1.165) is 5.69 Å². The summed E-state index contributed by atoms with van der Waals surface area (Å²) in [7, 11) is 0. The maximum absolute atomic E-state index is 11.7. The summed E-state index contributed by atoms with van der Waals surface area (Å²) >= 11 is 11.6. The quantitative estimate of drug-likeness (QED) is 0.796. The van der Waals surface area contributed by atoms with Gasteiger partial charge in [0.05, 0.1) is 23.7 Å². The zero-order valence-corrected chi connectivity index (χ0v) is 12.8. The number of nitrogens with one attached hydrogen (secondary N) is 2. The van der Waals surface area contributed by atoms with E-state index in [1.165, 1.54) is 6.20 Å². The highest BCUT2D eigenvalue weighted by molar-refractivity contribution is 6.35. The number of aromatic amines is 1. The number of H-pyrrole nitrogens is 1. The number of carbonyl (C=O) groups excluding carboxylic acids is 1. The van der Waals surface area contributed by atoms with Crippen LogP contribution in [0.2, 0.25) is 10.0 Å². The molecule has 6 nitrogen and oxygen atoms in total. The lowest BCUT2D eigenvalue weighted by Gasteiger charge is -2.07. The van der Waals surface area contributed by atoms with Crippen LogP contribution in [-0.4, -0.2) is 34.2 Å². The molecule has 0 radical (unpaired) electrons. The predicted octanol–water partition coefficient (Wildman–Crippen LogP) is 2.16. The van der Waals surface area contributed by atoms with Crippen molar-refractivity contribution in [1.29, 1.82) is 0 Å². The van der Waals surface area contributed by atoms with Gasteiger partial charge >= 0.3 is 0 Å². The van der Waals surface area contributed by atoms with Gasteiger partial charge in [0.2, 0.25) is 11.8 Å². The number of aryl methyl sites for hydroxylation is 1. The van der Waals surface area contributed by atoms with Gasteiger partial charge in [-0.25, -0.2) is 4.98 Å². The number of carbonyl (C=O) groups is 1. The molecule has 0 fully saturated rings. The number of pyridine rings is 1. The average Bonchev–Trinajstić information content (AvgIpc) is 2.82. The third kappa shape index (κ3) is 4.91. The summed E-state index contributed by atoms with van der Waals surface area (Å²) in [5.74, 6) is 0.165. The second-order valence-electron chi connectivity index (χ2n) is 4.36. The van der Waals surface area contributed by atoms with Crippen molar-refractivity contribution >= 4 is 29.1 Å². The molecule has 2 aromatic rings. The fourth-order valence-electron chi connectivity index (χ4n) is 1.64. The van der Waals surface area contributed by atoms with Crippen LogP contribution in [0, 0.1) is 6.92 Å². The van der Waals surface area contributed by atoms with Gasteiger partial charge in [-0.3, -0.25) is 9.89 Å². The molecule has 0 unspecified atom stereocenters. The van der Waals surface area contributed by atoms with Gasteiger partial charge in [0.25, 0.3) is 0 Å². The molecule has 1 amide bonds. The summed E-state index contributed by atoms with van der Waals surface area (Å²) in [5, 5.41) is 10.3. The van der Waals surface area contributed by atoms with Crippen LogP contribution in [0.5, 0.6) is 5.88 Å². The summed E-state index contributed by atoms with van der Waals surface area (Å²) in [6.07, 6.45) is 1.67. The number of ether oxygens (including phenoxy) is 1. The van der Waals surface area contributed by atoms with Crippen molar-refractivity contribution in [2.24, 2.45) is 0 Å². The van der Waals surface area contributed by atoms with Crippen molar-refractivity contribution in [2.75, 3.05) is 13.2 Å². The van der Waals surface area contributed by atoms with Crippen molar-refractivity contribution in [3.63, 3.8) is 0 Å². The Kier molecular flexibility index (Phi) is 5.41. The summed E-state index contributed by atoms with van der Waals surface area (Å²) < 4.78 is 5.36. The zero-order chi connectivity index (χ0) is 15.2. The predicted molar refractivity (Wildman–Crippen MR) is 79.8 cm³/mol. The second kappa shape index (κ2) is 7.28. The lowest BCUT2D eigenvalue weighted by atomic mass is 10.3. The molecule has 0 aliphatic carbocycles. The molecular formula is C13H14Cl2N4O2. The van der Waals surface area contributed by atoms with Gasteiger partial charge in [-0.05, 0) is 19.1 Å². The molecule has 2 heterocycles. The molecule has 21 heavy (non-hydrogen) atoms. The minimum Gasteiger partial charge on any atom is -0.475 e. The first-order valence-corrected chi connectivity index (χ1v) is 7.01. The van der Waals surface area contributed by atoms with E-state index < -0.39 is 0 Å². The van der Waals surface area contributed by atoms with E-state index in [4.69, 9.17) is 27.9 Å². The molecule has 0 aliphatic heterocycles. The largest absolute Gasteiger partial charge is 0.475 e. The van der Waals surface area contributed by atoms with Crippen molar-refractivity contribution in [3.8, 4) is 5.88 Å². The number of rotatable bonds is 6. The molecule has 8 heteroatoms. The van der Waals surface area contributed by atoms with Gasteiger partial charge in [0, 0.05) is 11.9 Å². The van der Waals surface area contributed by atoms with E-state index in [1.807, 2.05) is 13.0 Å². The maximum Gasteiger partial charge on any atom is 0.232 e. The molecule has 0 saturated heterocycles. The van der Waals surface area contributed by atoms with Gasteiger partial charge in [0.1, 0.15) is 11.6 Å². The zero-order valence-electron chi connectivity index (χ0n) is 11.3. The Morgan fingerprint density at radius 2 is 2.24 bits per heavy atom. The molecule has 0 spiro atoms. The minimum atomic E-state index is -0.125. The Bertz CT molecular complexity index is 630. The van der Waals surface area contributed by atoms with E-state index in [2.05, 4.69) is 20.5 Å². The molecular weight excluding hydrogens is 315 g/mol. The molecule has 0 aromatic carbocycles. The standard InChI is InChI=1S/C13H14Cl2N4O2/c1-8-4-10(19-18-8)6-12(20)16-2-3-21-13-11(15)5-9(14)7-17-13/h4-5,7H,2-3,6H2,1H3,(H,16,20)(H,18,19). The number of hydrogen-bond donors (Lipinski definition) is 2. The number of amides is 1. The maximum atomic E-state index is 11.7. The van der Waals surface area contributed by atoms with Crippen LogP contribution >= 0.6 is 23.2 Å². The van der Waals surface area contributed by atoms with E-state index in [1.54, 1.807) is 6.07 Å². The first-order chi connectivity index (χ1) is 10.0. The van der Waals surface area contributed by atoms with Gasteiger partial charge in [-0.1, -0.05) is 23.2 Å². The van der Waals surface area contributed by atoms with Crippen LogP contribution in [0.4, 0.5) is 0 Å². The molecule has 0 bridgehead atoms. The summed E-state index contributed by atoms with van der Waals surface area (Å²) in [4.78, 5) is 15.6. The lowest BCUT2D eigenvalue weighted by Crippen LogP contribution is -2.29. The van der Waals surface area contributed by atoms with E-state index in [0.29, 0.717) is 28.2 Å². The third-order valence-corrected chi connectivity index (χ3v) is 3.02. The Hall–Kier alpha value is -1.79. The molecule has 2 aromatic heterocycles. The van der Waals surface area contributed by atoms with Crippen LogP contribution in [0.15, 0.2) is 18.3 Å². The Morgan fingerprint density at radius 3 is 2.90 bits per heavy atom. The molecule has 0 atom stereocenters. The highest BCUT2D eigenvalue weighted by Crippen LogP contribution is 2.24. The summed E-state index contributed by atoms with van der Waals surface area (Å²) in [6, 6.07) is 3.37.